The van der Waals surface area contributed by atoms with Gasteiger partial charge in [-0.1, -0.05) is 23.7 Å². The van der Waals surface area contributed by atoms with Crippen molar-refractivity contribution in [1.82, 2.24) is 5.32 Å². The molecule has 0 aliphatic heterocycles. The van der Waals surface area contributed by atoms with Gasteiger partial charge in [0, 0.05) is 11.1 Å². The molecule has 2 rings (SSSR count). The maximum absolute atomic E-state index is 5.85. The van der Waals surface area contributed by atoms with Crippen LogP contribution in [0.1, 0.15) is 18.2 Å². The Morgan fingerprint density at radius 1 is 1.11 bits per heavy atom. The summed E-state index contributed by atoms with van der Waals surface area (Å²) in [6.45, 7) is 2.82. The van der Waals surface area contributed by atoms with Gasteiger partial charge in [-0.15, -0.1) is 0 Å². The number of benzene rings is 1. The average Bonchev–Trinajstić information content (AvgIpc) is 2.76. The van der Waals surface area contributed by atoms with Gasteiger partial charge >= 0.3 is 0 Å². The van der Waals surface area contributed by atoms with Crippen molar-refractivity contribution in [2.75, 3.05) is 0 Å². The van der Waals surface area contributed by atoms with E-state index in [9.17, 15) is 0 Å². The lowest BCUT2D eigenvalue weighted by Gasteiger charge is -2.12. The SMILES string of the molecule is CC(Cc1ccc(Cl)cc1)NCc1ccc(Cl)o1. The van der Waals surface area contributed by atoms with Crippen LogP contribution in [0.2, 0.25) is 10.2 Å². The van der Waals surface area contributed by atoms with Gasteiger partial charge in [0.1, 0.15) is 5.76 Å². The summed E-state index contributed by atoms with van der Waals surface area (Å²) < 4.78 is 5.29. The Bertz CT molecular complexity index is 493. The quantitative estimate of drug-likeness (QED) is 0.885. The second-order valence-electron chi connectivity index (χ2n) is 4.32. The van der Waals surface area contributed by atoms with Crippen molar-refractivity contribution < 1.29 is 4.42 Å². The van der Waals surface area contributed by atoms with Crippen molar-refractivity contribution in [3.05, 3.63) is 58.0 Å². The Labute approximate surface area is 117 Å². The molecule has 0 saturated carbocycles. The van der Waals surface area contributed by atoms with Crippen molar-refractivity contribution in [3.8, 4) is 0 Å². The molecule has 0 fully saturated rings. The fraction of sp³-hybridized carbons (Fsp3) is 0.286. The molecular weight excluding hydrogens is 269 g/mol. The van der Waals surface area contributed by atoms with Crippen LogP contribution < -0.4 is 5.32 Å². The zero-order valence-corrected chi connectivity index (χ0v) is 11.6. The zero-order chi connectivity index (χ0) is 13.0. The Hall–Kier alpha value is -0.960. The minimum Gasteiger partial charge on any atom is -0.448 e. The number of hydrogen-bond acceptors (Lipinski definition) is 2. The van der Waals surface area contributed by atoms with Gasteiger partial charge in [0.05, 0.1) is 6.54 Å². The minimum atomic E-state index is 0.357. The molecule has 0 radical (unpaired) electrons. The third-order valence-corrected chi connectivity index (χ3v) is 3.16. The highest BCUT2D eigenvalue weighted by molar-refractivity contribution is 6.30. The second-order valence-corrected chi connectivity index (χ2v) is 5.13. The van der Waals surface area contributed by atoms with Gasteiger partial charge in [-0.05, 0) is 54.8 Å². The summed E-state index contributed by atoms with van der Waals surface area (Å²) in [5.41, 5.74) is 1.26. The Balaban J connectivity index is 1.81. The molecule has 0 aliphatic carbocycles. The maximum Gasteiger partial charge on any atom is 0.193 e. The largest absolute Gasteiger partial charge is 0.448 e. The number of nitrogens with one attached hydrogen (secondary N) is 1. The number of rotatable bonds is 5. The fourth-order valence-electron chi connectivity index (χ4n) is 1.77. The van der Waals surface area contributed by atoms with Crippen LogP contribution in [0.5, 0.6) is 0 Å². The van der Waals surface area contributed by atoms with E-state index >= 15 is 0 Å². The van der Waals surface area contributed by atoms with Crippen molar-refractivity contribution >= 4 is 23.2 Å². The van der Waals surface area contributed by atoms with Gasteiger partial charge in [0.2, 0.25) is 0 Å². The minimum absolute atomic E-state index is 0.357. The van der Waals surface area contributed by atoms with Crippen molar-refractivity contribution in [1.29, 1.82) is 0 Å². The van der Waals surface area contributed by atoms with Crippen LogP contribution >= 0.6 is 23.2 Å². The standard InChI is InChI=1S/C14H15Cl2NO/c1-10(8-11-2-4-12(15)5-3-11)17-9-13-6-7-14(16)18-13/h2-7,10,17H,8-9H2,1H3. The van der Waals surface area contributed by atoms with E-state index in [0.717, 1.165) is 17.2 Å². The third kappa shape index (κ3) is 4.05. The molecule has 4 heteroatoms. The van der Waals surface area contributed by atoms with Crippen molar-refractivity contribution in [2.45, 2.75) is 25.9 Å². The van der Waals surface area contributed by atoms with Crippen LogP contribution in [0.4, 0.5) is 0 Å². The molecule has 0 saturated heterocycles. The predicted molar refractivity (Wildman–Crippen MR) is 75.2 cm³/mol. The van der Waals surface area contributed by atoms with Gasteiger partial charge in [0.15, 0.2) is 5.22 Å². The summed E-state index contributed by atoms with van der Waals surface area (Å²) >= 11 is 11.6. The van der Waals surface area contributed by atoms with Crippen LogP contribution in [-0.2, 0) is 13.0 Å². The number of hydrogen-bond donors (Lipinski definition) is 1. The molecule has 1 atom stereocenters. The molecule has 1 N–H and O–H groups in total. The molecule has 0 amide bonds. The molecule has 1 heterocycles. The molecule has 0 spiro atoms. The van der Waals surface area contributed by atoms with Crippen LogP contribution in [-0.4, -0.2) is 6.04 Å². The summed E-state index contributed by atoms with van der Waals surface area (Å²) in [7, 11) is 0. The smallest absolute Gasteiger partial charge is 0.193 e. The average molecular weight is 284 g/mol. The van der Waals surface area contributed by atoms with E-state index in [0.29, 0.717) is 17.8 Å². The first kappa shape index (κ1) is 13.5. The molecular formula is C14H15Cl2NO. The monoisotopic (exact) mass is 283 g/mol. The van der Waals surface area contributed by atoms with E-state index in [-0.39, 0.29) is 0 Å². The first-order valence-electron chi connectivity index (χ1n) is 5.85. The van der Waals surface area contributed by atoms with Gasteiger partial charge in [0.25, 0.3) is 0 Å². The molecule has 0 aliphatic rings. The highest BCUT2D eigenvalue weighted by Gasteiger charge is 2.05. The molecule has 0 bridgehead atoms. The van der Waals surface area contributed by atoms with Gasteiger partial charge in [-0.2, -0.15) is 0 Å². The summed E-state index contributed by atoms with van der Waals surface area (Å²) in [4.78, 5) is 0. The zero-order valence-electron chi connectivity index (χ0n) is 10.1. The van der Waals surface area contributed by atoms with Crippen molar-refractivity contribution in [2.24, 2.45) is 0 Å². The first-order valence-corrected chi connectivity index (χ1v) is 6.61. The lowest BCUT2D eigenvalue weighted by Crippen LogP contribution is -2.27. The highest BCUT2D eigenvalue weighted by Crippen LogP contribution is 2.14. The lowest BCUT2D eigenvalue weighted by molar-refractivity contribution is 0.455. The molecule has 1 aromatic heterocycles. The molecule has 18 heavy (non-hydrogen) atoms. The van der Waals surface area contributed by atoms with E-state index in [1.807, 2.05) is 30.3 Å². The third-order valence-electron chi connectivity index (χ3n) is 2.71. The topological polar surface area (TPSA) is 25.2 Å². The van der Waals surface area contributed by atoms with Crippen LogP contribution in [0, 0.1) is 0 Å². The molecule has 1 aromatic carbocycles. The van der Waals surface area contributed by atoms with Crippen LogP contribution in [0.3, 0.4) is 0 Å². The van der Waals surface area contributed by atoms with Gasteiger partial charge in [-0.25, -0.2) is 0 Å². The van der Waals surface area contributed by atoms with E-state index in [1.54, 1.807) is 6.07 Å². The molecule has 2 nitrogen and oxygen atoms in total. The normalized spacial score (nSPS) is 12.6. The summed E-state index contributed by atoms with van der Waals surface area (Å²) in [6, 6.07) is 11.9. The van der Waals surface area contributed by atoms with Crippen LogP contribution in [0.25, 0.3) is 0 Å². The lowest BCUT2D eigenvalue weighted by atomic mass is 10.1. The van der Waals surface area contributed by atoms with Crippen molar-refractivity contribution in [3.63, 3.8) is 0 Å². The summed E-state index contributed by atoms with van der Waals surface area (Å²) in [6.07, 6.45) is 0.950. The van der Waals surface area contributed by atoms with E-state index < -0.39 is 0 Å². The summed E-state index contributed by atoms with van der Waals surface area (Å²) in [5, 5.41) is 4.59. The van der Waals surface area contributed by atoms with Gasteiger partial charge in [-0.3, -0.25) is 0 Å². The Kier molecular flexibility index (Phi) is 4.70. The molecule has 96 valence electrons. The number of furan rings is 1. The van der Waals surface area contributed by atoms with E-state index in [1.165, 1.54) is 5.56 Å². The summed E-state index contributed by atoms with van der Waals surface area (Å²) in [5.74, 6) is 0.850. The highest BCUT2D eigenvalue weighted by atomic mass is 35.5. The Morgan fingerprint density at radius 2 is 1.83 bits per heavy atom. The molecule has 1 unspecified atom stereocenters. The van der Waals surface area contributed by atoms with Crippen LogP contribution in [0.15, 0.2) is 40.8 Å². The number of halogens is 2. The molecule has 2 aromatic rings. The van der Waals surface area contributed by atoms with E-state index in [4.69, 9.17) is 27.6 Å². The predicted octanol–water partition coefficient (Wildman–Crippen LogP) is 4.31. The maximum atomic E-state index is 5.85. The second kappa shape index (κ2) is 6.28. The van der Waals surface area contributed by atoms with Gasteiger partial charge < -0.3 is 9.73 Å². The Morgan fingerprint density at radius 3 is 2.44 bits per heavy atom. The first-order chi connectivity index (χ1) is 8.63. The fourth-order valence-corrected chi connectivity index (χ4v) is 2.06. The van der Waals surface area contributed by atoms with E-state index in [2.05, 4.69) is 12.2 Å².